The number of benzene rings is 4. The summed E-state index contributed by atoms with van der Waals surface area (Å²) in [4.78, 5) is 35.5. The quantitative estimate of drug-likeness (QED) is 0.101. The summed E-state index contributed by atoms with van der Waals surface area (Å²) in [6.07, 6.45) is -0.482. The largest absolute Gasteiger partial charge is 0.513 e. The number of nitrogens with one attached hydrogen (secondary N) is 1. The molecule has 208 valence electrons. The number of fused-ring (bicyclic) bond motifs is 3. The summed E-state index contributed by atoms with van der Waals surface area (Å²) in [6.45, 7) is 0.0111. The second-order valence-corrected chi connectivity index (χ2v) is 9.61. The van der Waals surface area contributed by atoms with Gasteiger partial charge in [-0.3, -0.25) is 10.1 Å². The molecule has 0 spiro atoms. The van der Waals surface area contributed by atoms with Crippen molar-refractivity contribution in [2.75, 3.05) is 13.2 Å². The normalized spacial score (nSPS) is 12.5. The van der Waals surface area contributed by atoms with Crippen molar-refractivity contribution < 1.29 is 28.7 Å². The van der Waals surface area contributed by atoms with Crippen LogP contribution in [0.4, 0.5) is 15.3 Å². The maximum absolute atomic E-state index is 12.9. The number of aryl methyl sites for hydroxylation is 1. The van der Waals surface area contributed by atoms with Gasteiger partial charge in [0.1, 0.15) is 19.0 Å². The molecule has 0 saturated heterocycles. The van der Waals surface area contributed by atoms with Crippen molar-refractivity contribution >= 4 is 17.9 Å². The first-order valence-electron chi connectivity index (χ1n) is 13.2. The van der Waals surface area contributed by atoms with E-state index in [2.05, 4.69) is 17.4 Å². The number of non-ortho nitro benzene ring substituents is 1. The number of alkyl carbamates (subject to hydrolysis) is 1. The predicted octanol–water partition coefficient (Wildman–Crippen LogP) is 6.65. The van der Waals surface area contributed by atoms with Crippen molar-refractivity contribution in [3.63, 3.8) is 0 Å². The second kappa shape index (κ2) is 12.8. The van der Waals surface area contributed by atoms with E-state index in [-0.39, 0.29) is 30.6 Å². The molecule has 0 aliphatic heterocycles. The fourth-order valence-electron chi connectivity index (χ4n) is 4.92. The number of ether oxygens (including phenoxy) is 3. The molecule has 9 heteroatoms. The van der Waals surface area contributed by atoms with Gasteiger partial charge in [0.2, 0.25) is 0 Å². The zero-order valence-corrected chi connectivity index (χ0v) is 22.1. The van der Waals surface area contributed by atoms with Crippen LogP contribution in [-0.4, -0.2) is 36.4 Å². The lowest BCUT2D eigenvalue weighted by atomic mass is 9.98. The van der Waals surface area contributed by atoms with E-state index >= 15 is 0 Å². The molecular formula is C32H28N2O7. The minimum Gasteiger partial charge on any atom is -0.449 e. The highest BCUT2D eigenvalue weighted by Crippen LogP contribution is 2.44. The molecule has 0 bridgehead atoms. The minimum atomic E-state index is -0.988. The highest BCUT2D eigenvalue weighted by Gasteiger charge is 2.29. The van der Waals surface area contributed by atoms with Gasteiger partial charge in [0.15, 0.2) is 0 Å². The molecule has 1 aliphatic rings. The van der Waals surface area contributed by atoms with Gasteiger partial charge in [0.25, 0.3) is 5.69 Å². The molecule has 1 N–H and O–H groups in total. The lowest BCUT2D eigenvalue weighted by Gasteiger charge is -2.20. The number of nitro groups is 1. The van der Waals surface area contributed by atoms with E-state index in [1.807, 2.05) is 66.7 Å². The lowest BCUT2D eigenvalue weighted by molar-refractivity contribution is -0.384. The van der Waals surface area contributed by atoms with E-state index in [9.17, 15) is 19.7 Å². The van der Waals surface area contributed by atoms with Crippen molar-refractivity contribution in [1.29, 1.82) is 0 Å². The summed E-state index contributed by atoms with van der Waals surface area (Å²) in [7, 11) is 0. The van der Waals surface area contributed by atoms with Gasteiger partial charge >= 0.3 is 12.2 Å². The molecule has 9 nitrogen and oxygen atoms in total. The van der Waals surface area contributed by atoms with Gasteiger partial charge in [-0.1, -0.05) is 78.9 Å². The standard InChI is InChI=1S/C32H28N2O7/c35-31(39-21-30-28-12-6-4-10-26(28)27-11-5-7-13-29(27)30)33-23(15-14-22-8-2-1-3-9-22)20-40-32(36)41-25-18-16-24(17-19-25)34(37)38/h1-13,16-19,23,30H,14-15,20-21H2,(H,33,35)/t23-/m0/s1. The van der Waals surface area contributed by atoms with Gasteiger partial charge in [0, 0.05) is 18.1 Å². The summed E-state index contributed by atoms with van der Waals surface area (Å²) in [5.74, 6) is 0.0229. The number of rotatable bonds is 10. The van der Waals surface area contributed by atoms with Crippen LogP contribution in [0, 0.1) is 10.1 Å². The third-order valence-corrected chi connectivity index (χ3v) is 6.94. The van der Waals surface area contributed by atoms with E-state index in [1.54, 1.807) is 0 Å². The Kier molecular flexibility index (Phi) is 8.54. The average molecular weight is 553 g/mol. The number of carbonyl (C=O) groups excluding carboxylic acids is 2. The van der Waals surface area contributed by atoms with Crippen LogP contribution in [0.5, 0.6) is 5.75 Å². The molecule has 4 aromatic carbocycles. The molecule has 0 radical (unpaired) electrons. The highest BCUT2D eigenvalue weighted by molar-refractivity contribution is 5.79. The molecule has 1 aliphatic carbocycles. The van der Waals surface area contributed by atoms with E-state index < -0.39 is 23.2 Å². The zero-order valence-electron chi connectivity index (χ0n) is 22.1. The van der Waals surface area contributed by atoms with Crippen LogP contribution in [0.3, 0.4) is 0 Å². The molecule has 0 saturated carbocycles. The maximum atomic E-state index is 12.9. The third kappa shape index (κ3) is 6.88. The Bertz CT molecular complexity index is 1480. The van der Waals surface area contributed by atoms with Crippen molar-refractivity contribution in [3.8, 4) is 16.9 Å². The summed E-state index contributed by atoms with van der Waals surface area (Å²) >= 11 is 0. The predicted molar refractivity (Wildman–Crippen MR) is 152 cm³/mol. The Hall–Kier alpha value is -5.18. The molecular weight excluding hydrogens is 524 g/mol. The van der Waals surface area contributed by atoms with E-state index in [1.165, 1.54) is 24.3 Å². The maximum Gasteiger partial charge on any atom is 0.513 e. The number of carbonyl (C=O) groups is 2. The zero-order chi connectivity index (χ0) is 28.6. The Morgan fingerprint density at radius 3 is 2.05 bits per heavy atom. The average Bonchev–Trinajstić information content (AvgIpc) is 3.32. The summed E-state index contributed by atoms with van der Waals surface area (Å²) in [6, 6.07) is 30.5. The number of amides is 1. The third-order valence-electron chi connectivity index (χ3n) is 6.94. The molecule has 4 aromatic rings. The Labute approximate surface area is 236 Å². The van der Waals surface area contributed by atoms with Gasteiger partial charge in [-0.15, -0.1) is 0 Å². The van der Waals surface area contributed by atoms with Crippen LogP contribution in [0.2, 0.25) is 0 Å². The first-order chi connectivity index (χ1) is 20.0. The number of hydrogen-bond donors (Lipinski definition) is 1. The molecule has 0 aromatic heterocycles. The fourth-order valence-corrected chi connectivity index (χ4v) is 4.92. The Morgan fingerprint density at radius 1 is 0.805 bits per heavy atom. The van der Waals surface area contributed by atoms with Gasteiger partial charge in [0.05, 0.1) is 11.0 Å². The van der Waals surface area contributed by atoms with Crippen LogP contribution in [0.15, 0.2) is 103 Å². The van der Waals surface area contributed by atoms with Crippen molar-refractivity contribution in [3.05, 3.63) is 130 Å². The van der Waals surface area contributed by atoms with Gasteiger partial charge in [-0.25, -0.2) is 9.59 Å². The monoisotopic (exact) mass is 552 g/mol. The van der Waals surface area contributed by atoms with Gasteiger partial charge in [-0.2, -0.15) is 0 Å². The van der Waals surface area contributed by atoms with Crippen molar-refractivity contribution in [2.45, 2.75) is 24.8 Å². The number of nitro benzene ring substituents is 1. The smallest absolute Gasteiger partial charge is 0.449 e. The molecule has 0 fully saturated rings. The topological polar surface area (TPSA) is 117 Å². The molecule has 0 unspecified atom stereocenters. The molecule has 1 amide bonds. The first-order valence-corrected chi connectivity index (χ1v) is 13.2. The van der Waals surface area contributed by atoms with Gasteiger partial charge < -0.3 is 19.5 Å². The van der Waals surface area contributed by atoms with Gasteiger partial charge in [-0.05, 0) is 52.8 Å². The minimum absolute atomic E-state index is 0.0798. The van der Waals surface area contributed by atoms with Crippen LogP contribution in [-0.2, 0) is 15.9 Å². The van der Waals surface area contributed by atoms with Crippen LogP contribution < -0.4 is 10.1 Å². The van der Waals surface area contributed by atoms with Crippen LogP contribution >= 0.6 is 0 Å². The Morgan fingerprint density at radius 2 is 1.41 bits per heavy atom. The number of hydrogen-bond acceptors (Lipinski definition) is 7. The van der Waals surface area contributed by atoms with E-state index in [0.29, 0.717) is 12.8 Å². The second-order valence-electron chi connectivity index (χ2n) is 9.61. The molecule has 0 heterocycles. The van der Waals surface area contributed by atoms with Crippen LogP contribution in [0.1, 0.15) is 29.0 Å². The SMILES string of the molecule is O=C(N[C@@H](CCc1ccccc1)COC(=O)Oc1ccc([N+](=O)[O-])cc1)OCC1c2ccccc2-c2ccccc21. The van der Waals surface area contributed by atoms with E-state index in [0.717, 1.165) is 27.8 Å². The summed E-state index contributed by atoms with van der Waals surface area (Å²) in [5, 5.41) is 13.7. The molecule has 5 rings (SSSR count). The molecule has 1 atom stereocenters. The van der Waals surface area contributed by atoms with Crippen LogP contribution in [0.25, 0.3) is 11.1 Å². The van der Waals surface area contributed by atoms with Crippen molar-refractivity contribution in [2.24, 2.45) is 0 Å². The highest BCUT2D eigenvalue weighted by atomic mass is 16.7. The van der Waals surface area contributed by atoms with Crippen molar-refractivity contribution in [1.82, 2.24) is 5.32 Å². The summed E-state index contributed by atoms with van der Waals surface area (Å²) in [5.41, 5.74) is 5.44. The molecule has 41 heavy (non-hydrogen) atoms. The first kappa shape index (κ1) is 27.4. The van der Waals surface area contributed by atoms with E-state index in [4.69, 9.17) is 14.2 Å². The lowest BCUT2D eigenvalue weighted by Crippen LogP contribution is -2.40. The summed E-state index contributed by atoms with van der Waals surface area (Å²) < 4.78 is 16.1. The Balaban J connectivity index is 1.19. The number of nitrogens with zero attached hydrogens (tertiary/aromatic N) is 1. The fraction of sp³-hybridized carbons (Fsp3) is 0.188.